The van der Waals surface area contributed by atoms with E-state index in [1.807, 2.05) is 31.2 Å². The fraction of sp³-hybridized carbons (Fsp3) is 0.333. The molecule has 3 aromatic rings. The van der Waals surface area contributed by atoms with Crippen LogP contribution < -0.4 is 19.1 Å². The molecular weight excluding hydrogens is 629 g/mol. The van der Waals surface area contributed by atoms with E-state index < -0.39 is 34.3 Å². The summed E-state index contributed by atoms with van der Waals surface area (Å²) >= 11 is 3.43. The van der Waals surface area contributed by atoms with Crippen LogP contribution in [0.3, 0.4) is 0 Å². The number of ether oxygens (including phenoxy) is 2. The van der Waals surface area contributed by atoms with Crippen molar-refractivity contribution in [3.8, 4) is 11.5 Å². The van der Waals surface area contributed by atoms with Crippen molar-refractivity contribution in [2.24, 2.45) is 0 Å². The normalized spacial score (nSPS) is 13.2. The molecular formula is C30H33BrFN3O6S. The lowest BCUT2D eigenvalue weighted by Crippen LogP contribution is -2.51. The topological polar surface area (TPSA) is 105 Å². The summed E-state index contributed by atoms with van der Waals surface area (Å²) in [5.74, 6) is -0.849. The van der Waals surface area contributed by atoms with Crippen LogP contribution in [0.15, 0.2) is 76.1 Å². The van der Waals surface area contributed by atoms with Gasteiger partial charge in [-0.3, -0.25) is 13.9 Å². The first-order valence-corrected chi connectivity index (χ1v) is 15.8. The Balaban J connectivity index is 1.70. The zero-order valence-corrected chi connectivity index (χ0v) is 25.8. The van der Waals surface area contributed by atoms with E-state index in [1.54, 1.807) is 6.92 Å². The van der Waals surface area contributed by atoms with Crippen LogP contribution in [0.5, 0.6) is 11.5 Å². The molecule has 0 aromatic heterocycles. The van der Waals surface area contributed by atoms with Gasteiger partial charge < -0.3 is 19.7 Å². The highest BCUT2D eigenvalue weighted by molar-refractivity contribution is 9.10. The van der Waals surface area contributed by atoms with Crippen molar-refractivity contribution in [2.45, 2.75) is 44.2 Å². The predicted molar refractivity (Wildman–Crippen MR) is 160 cm³/mol. The third-order valence-electron chi connectivity index (χ3n) is 6.73. The van der Waals surface area contributed by atoms with Crippen LogP contribution in [0.1, 0.15) is 32.3 Å². The van der Waals surface area contributed by atoms with Gasteiger partial charge in [0.2, 0.25) is 11.8 Å². The number of unbranched alkanes of at least 4 members (excludes halogenated alkanes) is 1. The SMILES string of the molecule is CCCCNC(=O)[C@H](C)N(Cc1cccc(Br)c1)C(=O)CN(c1ccc(F)cc1)S(=O)(=O)c1ccc2c(c1)OCCO2. The van der Waals surface area contributed by atoms with Crippen LogP contribution in [-0.4, -0.2) is 57.5 Å². The lowest BCUT2D eigenvalue weighted by molar-refractivity contribution is -0.139. The molecule has 0 saturated heterocycles. The Morgan fingerprint density at radius 3 is 2.43 bits per heavy atom. The third-order valence-corrected chi connectivity index (χ3v) is 9.00. The molecule has 12 heteroatoms. The van der Waals surface area contributed by atoms with Gasteiger partial charge in [0, 0.05) is 23.6 Å². The summed E-state index contributed by atoms with van der Waals surface area (Å²) in [5.41, 5.74) is 0.830. The first kappa shape index (κ1) is 31.3. The van der Waals surface area contributed by atoms with Crippen LogP contribution >= 0.6 is 15.9 Å². The zero-order chi connectivity index (χ0) is 30.3. The molecule has 2 amide bonds. The predicted octanol–water partition coefficient (Wildman–Crippen LogP) is 4.89. The number of hydrogen-bond acceptors (Lipinski definition) is 6. The molecule has 3 aromatic carbocycles. The van der Waals surface area contributed by atoms with Gasteiger partial charge in [0.15, 0.2) is 11.5 Å². The molecule has 0 bridgehead atoms. The molecule has 0 aliphatic carbocycles. The van der Waals surface area contributed by atoms with Crippen LogP contribution in [0, 0.1) is 5.82 Å². The number of sulfonamides is 1. The highest BCUT2D eigenvalue weighted by atomic mass is 79.9. The fourth-order valence-corrected chi connectivity index (χ4v) is 6.27. The van der Waals surface area contributed by atoms with Crippen molar-refractivity contribution >= 4 is 43.5 Å². The first-order chi connectivity index (χ1) is 20.1. The number of halogens is 2. The number of hydrogen-bond donors (Lipinski definition) is 1. The first-order valence-electron chi connectivity index (χ1n) is 13.6. The monoisotopic (exact) mass is 661 g/mol. The summed E-state index contributed by atoms with van der Waals surface area (Å²) in [7, 11) is -4.35. The average molecular weight is 663 g/mol. The van der Waals surface area contributed by atoms with Crippen molar-refractivity contribution in [3.05, 3.63) is 82.6 Å². The minimum Gasteiger partial charge on any atom is -0.486 e. The second kappa shape index (κ2) is 14.0. The molecule has 1 aliphatic heterocycles. The molecule has 1 heterocycles. The van der Waals surface area contributed by atoms with Gasteiger partial charge in [-0.2, -0.15) is 0 Å². The Morgan fingerprint density at radius 1 is 1.02 bits per heavy atom. The van der Waals surface area contributed by atoms with E-state index in [2.05, 4.69) is 21.2 Å². The van der Waals surface area contributed by atoms with Gasteiger partial charge in [0.25, 0.3) is 10.0 Å². The van der Waals surface area contributed by atoms with E-state index >= 15 is 0 Å². The Hall–Kier alpha value is -3.64. The molecule has 224 valence electrons. The van der Waals surface area contributed by atoms with E-state index in [1.165, 1.54) is 35.2 Å². The summed E-state index contributed by atoms with van der Waals surface area (Å²) in [6, 6.07) is 15.4. The number of fused-ring (bicyclic) bond motifs is 1. The number of anilines is 1. The van der Waals surface area contributed by atoms with Gasteiger partial charge in [-0.05, 0) is 67.4 Å². The number of amides is 2. The Bertz CT molecular complexity index is 1520. The molecule has 1 N–H and O–H groups in total. The molecule has 4 rings (SSSR count). The quantitative estimate of drug-likeness (QED) is 0.277. The highest BCUT2D eigenvalue weighted by Gasteiger charge is 2.33. The third kappa shape index (κ3) is 7.60. The standard InChI is InChI=1S/C30H33BrFN3O6S/c1-3-4-14-33-30(37)21(2)34(19-22-6-5-7-23(31)17-22)29(36)20-35(25-10-8-24(32)9-11-25)42(38,39)26-12-13-27-28(18-26)41-16-15-40-27/h5-13,17-18,21H,3-4,14-16,19-20H2,1-2H3,(H,33,37)/t21-/m0/s1. The largest absolute Gasteiger partial charge is 0.486 e. The molecule has 0 spiro atoms. The van der Waals surface area contributed by atoms with E-state index in [0.717, 1.165) is 39.3 Å². The smallest absolute Gasteiger partial charge is 0.264 e. The van der Waals surface area contributed by atoms with Gasteiger partial charge >= 0.3 is 0 Å². The number of carbonyl (C=O) groups is 2. The van der Waals surface area contributed by atoms with Crippen LogP contribution in [0.25, 0.3) is 0 Å². The molecule has 9 nitrogen and oxygen atoms in total. The van der Waals surface area contributed by atoms with Gasteiger partial charge in [0.05, 0.1) is 10.6 Å². The fourth-order valence-electron chi connectivity index (χ4n) is 4.40. The Labute approximate surface area is 253 Å². The molecule has 0 radical (unpaired) electrons. The minimum atomic E-state index is -4.35. The molecule has 1 atom stereocenters. The maximum absolute atomic E-state index is 14.0. The van der Waals surface area contributed by atoms with Gasteiger partial charge in [-0.15, -0.1) is 0 Å². The van der Waals surface area contributed by atoms with Crippen molar-refractivity contribution in [1.29, 1.82) is 0 Å². The average Bonchev–Trinajstić information content (AvgIpc) is 2.98. The van der Waals surface area contributed by atoms with Crippen molar-refractivity contribution in [3.63, 3.8) is 0 Å². The highest BCUT2D eigenvalue weighted by Crippen LogP contribution is 2.34. The van der Waals surface area contributed by atoms with Crippen molar-refractivity contribution in [1.82, 2.24) is 10.2 Å². The summed E-state index contributed by atoms with van der Waals surface area (Å²) in [5, 5.41) is 2.85. The summed E-state index contributed by atoms with van der Waals surface area (Å²) in [4.78, 5) is 28.2. The molecule has 0 saturated carbocycles. The van der Waals surface area contributed by atoms with Crippen LogP contribution in [0.4, 0.5) is 10.1 Å². The van der Waals surface area contributed by atoms with Crippen LogP contribution in [-0.2, 0) is 26.2 Å². The summed E-state index contributed by atoms with van der Waals surface area (Å²) < 4.78 is 54.7. The van der Waals surface area contributed by atoms with E-state index in [9.17, 15) is 22.4 Å². The second-order valence-electron chi connectivity index (χ2n) is 9.77. The zero-order valence-electron chi connectivity index (χ0n) is 23.4. The van der Waals surface area contributed by atoms with E-state index in [4.69, 9.17) is 9.47 Å². The second-order valence-corrected chi connectivity index (χ2v) is 12.5. The Morgan fingerprint density at radius 2 is 1.74 bits per heavy atom. The number of rotatable bonds is 12. The number of nitrogens with zero attached hydrogens (tertiary/aromatic N) is 2. The van der Waals surface area contributed by atoms with Gasteiger partial charge in [-0.25, -0.2) is 12.8 Å². The molecule has 1 aliphatic rings. The molecule has 0 unspecified atom stereocenters. The van der Waals surface area contributed by atoms with Crippen molar-refractivity contribution in [2.75, 3.05) is 30.6 Å². The van der Waals surface area contributed by atoms with Gasteiger partial charge in [0.1, 0.15) is 31.6 Å². The minimum absolute atomic E-state index is 0.0575. The van der Waals surface area contributed by atoms with E-state index in [-0.39, 0.29) is 35.4 Å². The number of benzene rings is 3. The van der Waals surface area contributed by atoms with Crippen LogP contribution in [0.2, 0.25) is 0 Å². The van der Waals surface area contributed by atoms with Gasteiger partial charge in [-0.1, -0.05) is 41.4 Å². The molecule has 0 fully saturated rings. The summed E-state index contributed by atoms with van der Waals surface area (Å²) in [6.07, 6.45) is 1.67. The number of carbonyl (C=O) groups excluding carboxylic acids is 2. The maximum Gasteiger partial charge on any atom is 0.264 e. The lowest BCUT2D eigenvalue weighted by Gasteiger charge is -2.32. The van der Waals surface area contributed by atoms with E-state index in [0.29, 0.717) is 18.9 Å². The maximum atomic E-state index is 14.0. The summed E-state index contributed by atoms with van der Waals surface area (Å²) in [6.45, 7) is 4.09. The lowest BCUT2D eigenvalue weighted by atomic mass is 10.1. The molecule has 42 heavy (non-hydrogen) atoms. The number of nitrogens with one attached hydrogen (secondary N) is 1. The van der Waals surface area contributed by atoms with Crippen molar-refractivity contribution < 1.29 is 31.9 Å². The Kier molecular flexibility index (Phi) is 10.4.